The number of nitrogens with zero attached hydrogens (tertiary/aromatic N) is 5. The number of anilines is 3. The van der Waals surface area contributed by atoms with Crippen LogP contribution in [0, 0.1) is 18.6 Å². The van der Waals surface area contributed by atoms with Gasteiger partial charge in [0.2, 0.25) is 11.8 Å². The fourth-order valence-corrected chi connectivity index (χ4v) is 4.99. The van der Waals surface area contributed by atoms with Gasteiger partial charge in [0.05, 0.1) is 16.1 Å². The fraction of sp³-hybridized carbons (Fsp3) is 0.240. The number of ether oxygens (including phenoxy) is 1. The molecule has 0 unspecified atom stereocenters. The maximum atomic E-state index is 15.2. The number of halogens is 2. The van der Waals surface area contributed by atoms with E-state index in [1.807, 2.05) is 23.6 Å². The molecule has 1 aromatic carbocycles. The normalized spacial score (nSPS) is 14.4. The van der Waals surface area contributed by atoms with Crippen LogP contribution in [0.2, 0.25) is 0 Å². The van der Waals surface area contributed by atoms with Crippen LogP contribution >= 0.6 is 11.3 Å². The number of rotatable bonds is 6. The zero-order chi connectivity index (χ0) is 25.5. The summed E-state index contributed by atoms with van der Waals surface area (Å²) in [5.41, 5.74) is 1.61. The molecule has 37 heavy (non-hydrogen) atoms. The van der Waals surface area contributed by atoms with Crippen LogP contribution in [0.1, 0.15) is 5.69 Å². The van der Waals surface area contributed by atoms with Crippen molar-refractivity contribution in [2.45, 2.75) is 6.92 Å². The molecule has 6 rings (SSSR count). The number of aromatic nitrogens is 5. The first-order valence-corrected chi connectivity index (χ1v) is 12.6. The molecule has 0 atom stereocenters. The van der Waals surface area contributed by atoms with E-state index in [0.717, 1.165) is 42.8 Å². The highest BCUT2D eigenvalue weighted by Gasteiger charge is 2.21. The summed E-state index contributed by atoms with van der Waals surface area (Å²) in [4.78, 5) is 17.3. The van der Waals surface area contributed by atoms with Crippen LogP contribution in [-0.2, 0) is 0 Å². The van der Waals surface area contributed by atoms with Gasteiger partial charge in [-0.15, -0.1) is 11.3 Å². The average molecular weight is 523 g/mol. The van der Waals surface area contributed by atoms with Gasteiger partial charge in [-0.05, 0) is 31.5 Å². The number of piperazine rings is 1. The van der Waals surface area contributed by atoms with Gasteiger partial charge in [0.25, 0.3) is 0 Å². The number of likely N-dealkylation sites (N-methyl/N-ethyl adjacent to an activating group) is 1. The summed E-state index contributed by atoms with van der Waals surface area (Å²) in [7, 11) is 2.07. The first-order valence-electron chi connectivity index (χ1n) is 11.8. The molecule has 0 amide bonds. The summed E-state index contributed by atoms with van der Waals surface area (Å²) in [6.07, 6.45) is 0. The maximum absolute atomic E-state index is 15.2. The molecule has 5 heterocycles. The number of thiophene rings is 1. The lowest BCUT2D eigenvalue weighted by Crippen LogP contribution is -2.44. The zero-order valence-electron chi connectivity index (χ0n) is 20.2. The molecule has 0 spiro atoms. The number of fused-ring (bicyclic) bond motifs is 1. The summed E-state index contributed by atoms with van der Waals surface area (Å²) in [6, 6.07) is 10.0. The highest BCUT2D eigenvalue weighted by atomic mass is 32.1. The molecule has 5 aromatic rings. The van der Waals surface area contributed by atoms with Crippen LogP contribution in [0.25, 0.3) is 21.5 Å². The first-order chi connectivity index (χ1) is 17.9. The number of benzene rings is 1. The molecule has 3 N–H and O–H groups in total. The molecule has 1 aliphatic heterocycles. The minimum atomic E-state index is -0.664. The average Bonchev–Trinajstić information content (AvgIpc) is 3.64. The lowest BCUT2D eigenvalue weighted by atomic mass is 10.2. The lowest BCUT2D eigenvalue weighted by molar-refractivity contribution is 0.312. The highest BCUT2D eigenvalue weighted by molar-refractivity contribution is 7.13. The molecule has 1 aliphatic rings. The first kappa shape index (κ1) is 23.4. The van der Waals surface area contributed by atoms with E-state index in [0.29, 0.717) is 17.3 Å². The van der Waals surface area contributed by atoms with Crippen LogP contribution < -0.4 is 15.0 Å². The molecule has 0 bridgehead atoms. The smallest absolute Gasteiger partial charge is 0.233 e. The van der Waals surface area contributed by atoms with Crippen LogP contribution in [-0.4, -0.2) is 63.3 Å². The number of hydrogen-bond donors (Lipinski definition) is 3. The minimum absolute atomic E-state index is 0.0883. The van der Waals surface area contributed by atoms with E-state index in [9.17, 15) is 4.39 Å². The van der Waals surface area contributed by atoms with Gasteiger partial charge in [-0.3, -0.25) is 5.10 Å². The van der Waals surface area contributed by atoms with Gasteiger partial charge in [-0.1, -0.05) is 6.07 Å². The van der Waals surface area contributed by atoms with E-state index in [-0.39, 0.29) is 28.5 Å². The number of aryl methyl sites for hydroxylation is 1. The topological polar surface area (TPSA) is 98.0 Å². The summed E-state index contributed by atoms with van der Waals surface area (Å²) in [5.74, 6) is -0.0645. The van der Waals surface area contributed by atoms with Crippen LogP contribution in [0.15, 0.2) is 41.8 Å². The summed E-state index contributed by atoms with van der Waals surface area (Å²) < 4.78 is 35.7. The fourth-order valence-electron chi connectivity index (χ4n) is 4.30. The van der Waals surface area contributed by atoms with Gasteiger partial charge < -0.3 is 24.8 Å². The van der Waals surface area contributed by atoms with E-state index >= 15 is 4.39 Å². The van der Waals surface area contributed by atoms with Gasteiger partial charge in [0.1, 0.15) is 5.82 Å². The Morgan fingerprint density at radius 1 is 1.08 bits per heavy atom. The highest BCUT2D eigenvalue weighted by Crippen LogP contribution is 2.34. The quantitative estimate of drug-likeness (QED) is 0.279. The third-order valence-electron chi connectivity index (χ3n) is 6.24. The van der Waals surface area contributed by atoms with Crippen molar-refractivity contribution in [3.8, 4) is 22.2 Å². The third kappa shape index (κ3) is 4.72. The predicted molar refractivity (Wildman–Crippen MR) is 140 cm³/mol. The van der Waals surface area contributed by atoms with Crippen LogP contribution in [0.4, 0.5) is 26.4 Å². The standard InChI is InChI=1S/C25H24F2N8OS/c1-14-10-15-23(27)18(11-16(26)24(15)28-14)36-22-13-21(35-7-5-34(2)6-8-35)30-25(31-22)29-20-12-17(32-33-20)19-4-3-9-37-19/h3-4,9-13,28H,5-8H2,1-2H3,(H2,29,30,31,32,33). The zero-order valence-corrected chi connectivity index (χ0v) is 21.0. The monoisotopic (exact) mass is 522 g/mol. The number of aromatic amines is 2. The second kappa shape index (κ2) is 9.45. The molecule has 0 radical (unpaired) electrons. The number of hydrogen-bond acceptors (Lipinski definition) is 8. The Morgan fingerprint density at radius 2 is 1.92 bits per heavy atom. The number of nitrogens with one attached hydrogen (secondary N) is 3. The van der Waals surface area contributed by atoms with E-state index < -0.39 is 11.6 Å². The molecule has 12 heteroatoms. The van der Waals surface area contributed by atoms with Crippen molar-refractivity contribution in [3.63, 3.8) is 0 Å². The maximum Gasteiger partial charge on any atom is 0.233 e. The van der Waals surface area contributed by atoms with E-state index in [1.165, 1.54) is 0 Å². The molecule has 4 aromatic heterocycles. The van der Waals surface area contributed by atoms with Gasteiger partial charge in [0.15, 0.2) is 23.2 Å². The van der Waals surface area contributed by atoms with Gasteiger partial charge in [-0.25, -0.2) is 8.78 Å². The van der Waals surface area contributed by atoms with E-state index in [4.69, 9.17) is 4.74 Å². The van der Waals surface area contributed by atoms with Crippen molar-refractivity contribution >= 4 is 39.8 Å². The Balaban J connectivity index is 1.34. The van der Waals surface area contributed by atoms with Crippen molar-refractivity contribution in [1.82, 2.24) is 30.0 Å². The Hall–Kier alpha value is -4.03. The van der Waals surface area contributed by atoms with Crippen molar-refractivity contribution in [2.24, 2.45) is 0 Å². The summed E-state index contributed by atoms with van der Waals surface area (Å²) >= 11 is 1.60. The van der Waals surface area contributed by atoms with Crippen LogP contribution in [0.5, 0.6) is 11.6 Å². The van der Waals surface area contributed by atoms with Crippen molar-refractivity contribution in [3.05, 3.63) is 59.1 Å². The molecule has 190 valence electrons. The van der Waals surface area contributed by atoms with Crippen molar-refractivity contribution in [1.29, 1.82) is 0 Å². The van der Waals surface area contributed by atoms with Gasteiger partial charge in [-0.2, -0.15) is 15.1 Å². The van der Waals surface area contributed by atoms with Gasteiger partial charge >= 0.3 is 0 Å². The van der Waals surface area contributed by atoms with Gasteiger partial charge in [0, 0.05) is 55.5 Å². The van der Waals surface area contributed by atoms with Crippen molar-refractivity contribution in [2.75, 3.05) is 43.4 Å². The molecular formula is C25H24F2N8OS. The molecule has 0 aliphatic carbocycles. The minimum Gasteiger partial charge on any atom is -0.436 e. The van der Waals surface area contributed by atoms with E-state index in [2.05, 4.69) is 47.3 Å². The molecular weight excluding hydrogens is 498 g/mol. The number of H-pyrrole nitrogens is 2. The third-order valence-corrected chi connectivity index (χ3v) is 7.14. The Bertz CT molecular complexity index is 1560. The summed E-state index contributed by atoms with van der Waals surface area (Å²) in [5, 5.41) is 12.5. The predicted octanol–water partition coefficient (Wildman–Crippen LogP) is 5.28. The van der Waals surface area contributed by atoms with Crippen molar-refractivity contribution < 1.29 is 13.5 Å². The Kier molecular flexibility index (Phi) is 5.97. The molecule has 0 saturated carbocycles. The second-order valence-electron chi connectivity index (χ2n) is 8.96. The second-order valence-corrected chi connectivity index (χ2v) is 9.91. The Morgan fingerprint density at radius 3 is 2.70 bits per heavy atom. The summed E-state index contributed by atoms with van der Waals surface area (Å²) in [6.45, 7) is 5.00. The largest absolute Gasteiger partial charge is 0.436 e. The molecule has 1 fully saturated rings. The Labute approximate surface area is 215 Å². The molecule has 9 nitrogen and oxygen atoms in total. The lowest BCUT2D eigenvalue weighted by Gasteiger charge is -2.33. The van der Waals surface area contributed by atoms with Crippen LogP contribution in [0.3, 0.4) is 0 Å². The van der Waals surface area contributed by atoms with E-state index in [1.54, 1.807) is 30.4 Å². The molecule has 1 saturated heterocycles. The SMILES string of the molecule is Cc1cc2c(F)c(Oc3cc(N4CCN(C)CC4)nc(Nc4cc(-c5cccs5)[nH]n4)n3)cc(F)c2[nH]1.